The van der Waals surface area contributed by atoms with Gasteiger partial charge in [-0.2, -0.15) is 0 Å². The highest BCUT2D eigenvalue weighted by molar-refractivity contribution is 7.99. The fourth-order valence-electron chi connectivity index (χ4n) is 2.32. The average Bonchev–Trinajstić information content (AvgIpc) is 2.92. The van der Waals surface area contributed by atoms with Crippen LogP contribution in [0.5, 0.6) is 0 Å². The van der Waals surface area contributed by atoms with Crippen molar-refractivity contribution in [2.24, 2.45) is 5.92 Å². The molecule has 1 aliphatic rings. The summed E-state index contributed by atoms with van der Waals surface area (Å²) in [4.78, 5) is 11.7. The third-order valence-electron chi connectivity index (χ3n) is 3.43. The maximum atomic E-state index is 11.7. The van der Waals surface area contributed by atoms with Gasteiger partial charge in [-0.1, -0.05) is 23.7 Å². The number of nitrogens with one attached hydrogen (secondary N) is 2. The molecule has 1 aliphatic heterocycles. The second-order valence-electron chi connectivity index (χ2n) is 5.12. The van der Waals surface area contributed by atoms with Crippen LogP contribution in [0.3, 0.4) is 0 Å². The van der Waals surface area contributed by atoms with E-state index in [9.17, 15) is 4.79 Å². The van der Waals surface area contributed by atoms with E-state index in [2.05, 4.69) is 10.6 Å². The lowest BCUT2D eigenvalue weighted by atomic mass is 10.1. The minimum atomic E-state index is 0.128. The highest BCUT2D eigenvalue weighted by Gasteiger charge is 2.13. The molecule has 2 rings (SSSR count). The van der Waals surface area contributed by atoms with Crippen molar-refractivity contribution >= 4 is 29.3 Å². The van der Waals surface area contributed by atoms with Crippen LogP contribution in [0.1, 0.15) is 18.4 Å². The van der Waals surface area contributed by atoms with Gasteiger partial charge in [-0.05, 0) is 49.5 Å². The van der Waals surface area contributed by atoms with Crippen LogP contribution in [0.15, 0.2) is 24.3 Å². The normalized spacial score (nSPS) is 18.1. The number of thioether (sulfide) groups is 1. The molecule has 0 aromatic heterocycles. The zero-order valence-electron chi connectivity index (χ0n) is 11.5. The molecule has 1 saturated heterocycles. The number of amides is 1. The lowest BCUT2D eigenvalue weighted by Gasteiger charge is -2.09. The van der Waals surface area contributed by atoms with Crippen molar-refractivity contribution in [2.45, 2.75) is 18.6 Å². The van der Waals surface area contributed by atoms with Gasteiger partial charge in [0.15, 0.2) is 0 Å². The van der Waals surface area contributed by atoms with Crippen LogP contribution in [0.25, 0.3) is 0 Å². The highest BCUT2D eigenvalue weighted by Crippen LogP contribution is 2.16. The molecule has 3 nitrogen and oxygen atoms in total. The summed E-state index contributed by atoms with van der Waals surface area (Å²) in [5.41, 5.74) is 1.16. The fraction of sp³-hybridized carbons (Fsp3) is 0.533. The molecular formula is C15H21ClN2OS. The maximum Gasteiger partial charge on any atom is 0.230 e. The van der Waals surface area contributed by atoms with Crippen molar-refractivity contribution in [3.8, 4) is 0 Å². The van der Waals surface area contributed by atoms with E-state index in [0.717, 1.165) is 48.3 Å². The SMILES string of the molecule is O=C(CSCc1cccc(Cl)c1)NCCC1CCNC1. The molecule has 2 N–H and O–H groups in total. The predicted molar refractivity (Wildman–Crippen MR) is 86.2 cm³/mol. The van der Waals surface area contributed by atoms with Crippen LogP contribution in [-0.2, 0) is 10.5 Å². The molecule has 1 atom stereocenters. The monoisotopic (exact) mass is 312 g/mol. The Bertz CT molecular complexity index is 436. The molecule has 110 valence electrons. The molecule has 20 heavy (non-hydrogen) atoms. The Hall–Kier alpha value is -0.710. The second kappa shape index (κ2) is 8.55. The van der Waals surface area contributed by atoms with Gasteiger partial charge in [0.1, 0.15) is 0 Å². The van der Waals surface area contributed by atoms with Gasteiger partial charge in [-0.25, -0.2) is 0 Å². The summed E-state index contributed by atoms with van der Waals surface area (Å²) in [5, 5.41) is 7.08. The number of halogens is 1. The topological polar surface area (TPSA) is 41.1 Å². The molecule has 0 radical (unpaired) electrons. The average molecular weight is 313 g/mol. The van der Waals surface area contributed by atoms with Crippen LogP contribution in [0.2, 0.25) is 5.02 Å². The summed E-state index contributed by atoms with van der Waals surface area (Å²) in [5.74, 6) is 2.19. The van der Waals surface area contributed by atoms with Crippen LogP contribution < -0.4 is 10.6 Å². The van der Waals surface area contributed by atoms with Crippen molar-refractivity contribution in [2.75, 3.05) is 25.4 Å². The van der Waals surface area contributed by atoms with E-state index in [1.165, 1.54) is 6.42 Å². The van der Waals surface area contributed by atoms with E-state index in [-0.39, 0.29) is 5.91 Å². The van der Waals surface area contributed by atoms with Crippen LogP contribution in [0, 0.1) is 5.92 Å². The molecule has 5 heteroatoms. The summed E-state index contributed by atoms with van der Waals surface area (Å²) in [6, 6.07) is 7.78. The van der Waals surface area contributed by atoms with Crippen molar-refractivity contribution in [1.82, 2.24) is 10.6 Å². The third kappa shape index (κ3) is 5.73. The maximum absolute atomic E-state index is 11.7. The first-order chi connectivity index (χ1) is 9.74. The highest BCUT2D eigenvalue weighted by atomic mass is 35.5. The number of carbonyl (C=O) groups excluding carboxylic acids is 1. The lowest BCUT2D eigenvalue weighted by Crippen LogP contribution is -2.27. The van der Waals surface area contributed by atoms with Gasteiger partial charge in [0.05, 0.1) is 5.75 Å². The number of carbonyl (C=O) groups is 1. The zero-order valence-corrected chi connectivity index (χ0v) is 13.1. The molecule has 1 fully saturated rings. The van der Waals surface area contributed by atoms with Gasteiger partial charge >= 0.3 is 0 Å². The van der Waals surface area contributed by atoms with E-state index < -0.39 is 0 Å². The van der Waals surface area contributed by atoms with Crippen molar-refractivity contribution in [1.29, 1.82) is 0 Å². The first-order valence-corrected chi connectivity index (χ1v) is 8.57. The molecule has 0 spiro atoms. The minimum Gasteiger partial charge on any atom is -0.355 e. The molecule has 1 heterocycles. The van der Waals surface area contributed by atoms with E-state index in [1.807, 2.05) is 24.3 Å². The zero-order chi connectivity index (χ0) is 14.2. The molecule has 1 amide bonds. The fourth-order valence-corrected chi connectivity index (χ4v) is 3.33. The smallest absolute Gasteiger partial charge is 0.230 e. The van der Waals surface area contributed by atoms with Crippen LogP contribution in [-0.4, -0.2) is 31.3 Å². The van der Waals surface area contributed by atoms with Gasteiger partial charge in [-0.15, -0.1) is 11.8 Å². The Morgan fingerprint density at radius 2 is 2.40 bits per heavy atom. The van der Waals surface area contributed by atoms with Gasteiger partial charge in [0.25, 0.3) is 0 Å². The largest absolute Gasteiger partial charge is 0.355 e. The Balaban J connectivity index is 1.55. The van der Waals surface area contributed by atoms with E-state index in [0.29, 0.717) is 5.75 Å². The Kier molecular flexibility index (Phi) is 6.70. The van der Waals surface area contributed by atoms with E-state index in [1.54, 1.807) is 11.8 Å². The molecule has 1 unspecified atom stereocenters. The molecule has 1 aromatic rings. The molecule has 0 bridgehead atoms. The second-order valence-corrected chi connectivity index (χ2v) is 6.54. The van der Waals surface area contributed by atoms with E-state index >= 15 is 0 Å². The summed E-state index contributed by atoms with van der Waals surface area (Å²) >= 11 is 7.55. The molecule has 1 aromatic carbocycles. The summed E-state index contributed by atoms with van der Waals surface area (Å²) < 4.78 is 0. The summed E-state index contributed by atoms with van der Waals surface area (Å²) in [6.07, 6.45) is 2.32. The van der Waals surface area contributed by atoms with Crippen molar-refractivity contribution in [3.63, 3.8) is 0 Å². The molecule has 0 aliphatic carbocycles. The van der Waals surface area contributed by atoms with Gasteiger partial charge in [0.2, 0.25) is 5.91 Å². The Labute approximate surface area is 129 Å². The standard InChI is InChI=1S/C15H21ClN2OS/c16-14-3-1-2-13(8-14)10-20-11-15(19)18-7-5-12-4-6-17-9-12/h1-3,8,12,17H,4-7,9-11H2,(H,18,19). The van der Waals surface area contributed by atoms with Crippen LogP contribution >= 0.6 is 23.4 Å². The van der Waals surface area contributed by atoms with Gasteiger partial charge in [-0.3, -0.25) is 4.79 Å². The minimum absolute atomic E-state index is 0.128. The molecule has 0 saturated carbocycles. The first-order valence-electron chi connectivity index (χ1n) is 7.03. The number of benzene rings is 1. The quantitative estimate of drug-likeness (QED) is 0.813. The number of rotatable bonds is 7. The lowest BCUT2D eigenvalue weighted by molar-refractivity contribution is -0.118. The van der Waals surface area contributed by atoms with Crippen LogP contribution in [0.4, 0.5) is 0 Å². The predicted octanol–water partition coefficient (Wildman–Crippen LogP) is 2.69. The Morgan fingerprint density at radius 3 is 3.15 bits per heavy atom. The first kappa shape index (κ1) is 15.7. The number of hydrogen-bond donors (Lipinski definition) is 2. The van der Waals surface area contributed by atoms with Gasteiger partial charge in [0, 0.05) is 17.3 Å². The molecular weight excluding hydrogens is 292 g/mol. The third-order valence-corrected chi connectivity index (χ3v) is 4.67. The van der Waals surface area contributed by atoms with E-state index in [4.69, 9.17) is 11.6 Å². The van der Waals surface area contributed by atoms with Crippen molar-refractivity contribution in [3.05, 3.63) is 34.9 Å². The summed E-state index contributed by atoms with van der Waals surface area (Å²) in [7, 11) is 0. The summed E-state index contributed by atoms with van der Waals surface area (Å²) in [6.45, 7) is 3.01. The van der Waals surface area contributed by atoms with Gasteiger partial charge < -0.3 is 10.6 Å². The van der Waals surface area contributed by atoms with Crippen molar-refractivity contribution < 1.29 is 4.79 Å². The number of hydrogen-bond acceptors (Lipinski definition) is 3. The Morgan fingerprint density at radius 1 is 1.50 bits per heavy atom.